The molecule has 0 amide bonds. The van der Waals surface area contributed by atoms with Crippen LogP contribution in [0.25, 0.3) is 0 Å². The van der Waals surface area contributed by atoms with E-state index >= 15 is 0 Å². The van der Waals surface area contributed by atoms with Crippen LogP contribution in [-0.4, -0.2) is 37.3 Å². The first-order valence-electron chi connectivity index (χ1n) is 5.18. The predicted octanol–water partition coefficient (Wildman–Crippen LogP) is 1.65. The summed E-state index contributed by atoms with van der Waals surface area (Å²) in [7, 11) is -2.92. The van der Waals surface area contributed by atoms with E-state index in [9.17, 15) is 13.5 Å². The molecule has 0 aliphatic carbocycles. The molecule has 92 valence electrons. The molecule has 1 aromatic carbocycles. The zero-order chi connectivity index (χ0) is 12.5. The number of hydrogen-bond donors (Lipinski definition) is 1. The lowest BCUT2D eigenvalue weighted by Crippen LogP contribution is -2.07. The third-order valence-electron chi connectivity index (χ3n) is 2.62. The molecule has 6 heteroatoms. The van der Waals surface area contributed by atoms with Gasteiger partial charge in [-0.05, 0) is 24.6 Å². The van der Waals surface area contributed by atoms with Crippen LogP contribution in [0.1, 0.15) is 12.0 Å². The maximum Gasteiger partial charge on any atom is 0.152 e. The molecule has 0 spiro atoms. The van der Waals surface area contributed by atoms with Crippen molar-refractivity contribution in [2.24, 2.45) is 4.99 Å². The van der Waals surface area contributed by atoms with Crippen molar-refractivity contribution in [3.63, 3.8) is 0 Å². The van der Waals surface area contributed by atoms with Crippen LogP contribution < -0.4 is 0 Å². The summed E-state index contributed by atoms with van der Waals surface area (Å²) in [5, 5.41) is 10.0. The molecule has 2 rings (SSSR count). The predicted molar refractivity (Wildman–Crippen MR) is 67.8 cm³/mol. The van der Waals surface area contributed by atoms with E-state index < -0.39 is 9.84 Å². The quantitative estimate of drug-likeness (QED) is 0.833. The Morgan fingerprint density at radius 1 is 1.47 bits per heavy atom. The number of phenolic OH excluding ortho intramolecular Hbond substituents is 1. The molecule has 1 atom stereocenters. The van der Waals surface area contributed by atoms with Crippen LogP contribution in [0.2, 0.25) is 5.02 Å². The Kier molecular flexibility index (Phi) is 3.40. The van der Waals surface area contributed by atoms with Gasteiger partial charge in [0.15, 0.2) is 9.84 Å². The molecular weight excluding hydrogens is 262 g/mol. The van der Waals surface area contributed by atoms with Crippen molar-refractivity contribution in [1.29, 1.82) is 0 Å². The number of hydrogen-bond acceptors (Lipinski definition) is 4. The van der Waals surface area contributed by atoms with E-state index in [2.05, 4.69) is 4.99 Å². The van der Waals surface area contributed by atoms with Crippen molar-refractivity contribution in [3.8, 4) is 5.75 Å². The first-order chi connectivity index (χ1) is 7.96. The van der Waals surface area contributed by atoms with Crippen molar-refractivity contribution in [2.75, 3.05) is 11.5 Å². The number of aromatic hydroxyl groups is 1. The second kappa shape index (κ2) is 4.66. The van der Waals surface area contributed by atoms with Gasteiger partial charge in [-0.2, -0.15) is 0 Å². The highest BCUT2D eigenvalue weighted by molar-refractivity contribution is 7.91. The van der Waals surface area contributed by atoms with Crippen LogP contribution in [0, 0.1) is 0 Å². The molecule has 1 aliphatic rings. The van der Waals surface area contributed by atoms with Gasteiger partial charge in [0.2, 0.25) is 0 Å². The van der Waals surface area contributed by atoms with Gasteiger partial charge in [0.25, 0.3) is 0 Å². The summed E-state index contributed by atoms with van der Waals surface area (Å²) in [5.74, 6) is 0.362. The van der Waals surface area contributed by atoms with E-state index in [1.807, 2.05) is 0 Å². The Bertz CT molecular complexity index is 554. The van der Waals surface area contributed by atoms with E-state index in [0.29, 0.717) is 17.0 Å². The van der Waals surface area contributed by atoms with Gasteiger partial charge in [-0.15, -0.1) is 0 Å². The lowest BCUT2D eigenvalue weighted by atomic mass is 10.2. The fourth-order valence-corrected chi connectivity index (χ4v) is 3.52. The average molecular weight is 274 g/mol. The lowest BCUT2D eigenvalue weighted by Gasteiger charge is -2.01. The molecule has 1 fully saturated rings. The molecule has 17 heavy (non-hydrogen) atoms. The van der Waals surface area contributed by atoms with E-state index in [4.69, 9.17) is 11.6 Å². The van der Waals surface area contributed by atoms with Crippen LogP contribution in [0.4, 0.5) is 0 Å². The van der Waals surface area contributed by atoms with Crippen LogP contribution in [-0.2, 0) is 9.84 Å². The summed E-state index contributed by atoms with van der Waals surface area (Å²) < 4.78 is 22.5. The first-order valence-corrected chi connectivity index (χ1v) is 7.38. The van der Waals surface area contributed by atoms with Gasteiger partial charge < -0.3 is 5.11 Å². The van der Waals surface area contributed by atoms with Gasteiger partial charge in [0.1, 0.15) is 5.75 Å². The largest absolute Gasteiger partial charge is 0.507 e. The number of sulfone groups is 1. The Labute approximate surface area is 105 Å². The third kappa shape index (κ3) is 3.20. The summed E-state index contributed by atoms with van der Waals surface area (Å²) in [5.41, 5.74) is 0.502. The third-order valence-corrected chi connectivity index (χ3v) is 4.61. The number of aliphatic imine (C=N–C) groups is 1. The summed E-state index contributed by atoms with van der Waals surface area (Å²) >= 11 is 5.79. The normalized spacial score (nSPS) is 23.2. The molecule has 1 N–H and O–H groups in total. The number of nitrogens with zero attached hydrogens (tertiary/aromatic N) is 1. The molecule has 1 aliphatic heterocycles. The Balaban J connectivity index is 2.13. The molecule has 0 aromatic heterocycles. The summed E-state index contributed by atoms with van der Waals surface area (Å²) in [4.78, 5) is 4.17. The van der Waals surface area contributed by atoms with Crippen molar-refractivity contribution >= 4 is 27.7 Å². The van der Waals surface area contributed by atoms with Crippen molar-refractivity contribution < 1.29 is 13.5 Å². The molecule has 0 saturated carbocycles. The minimum atomic E-state index is -2.92. The summed E-state index contributed by atoms with van der Waals surface area (Å²) in [6.07, 6.45) is 2.02. The zero-order valence-electron chi connectivity index (χ0n) is 9.01. The minimum absolute atomic E-state index is 0.0824. The van der Waals surface area contributed by atoms with Gasteiger partial charge in [0.05, 0.1) is 17.5 Å². The maximum atomic E-state index is 11.2. The monoisotopic (exact) mass is 273 g/mol. The Morgan fingerprint density at radius 3 is 2.88 bits per heavy atom. The number of rotatable bonds is 2. The van der Waals surface area contributed by atoms with Gasteiger partial charge in [-0.1, -0.05) is 11.6 Å². The average Bonchev–Trinajstić information content (AvgIpc) is 2.60. The van der Waals surface area contributed by atoms with Gasteiger partial charge in [0, 0.05) is 16.8 Å². The molecule has 1 saturated heterocycles. The molecule has 0 bridgehead atoms. The summed E-state index contributed by atoms with van der Waals surface area (Å²) in [6.45, 7) is 0. The standard InChI is InChI=1S/C11H12ClNO3S/c12-9-1-2-11(14)8(5-9)6-13-10-3-4-17(15,16)7-10/h1-2,5-6,10,14H,3-4,7H2/t10-/m0/s1. The van der Waals surface area contributed by atoms with Crippen molar-refractivity contribution in [2.45, 2.75) is 12.5 Å². The molecule has 1 heterocycles. The zero-order valence-corrected chi connectivity index (χ0v) is 10.6. The smallest absolute Gasteiger partial charge is 0.152 e. The maximum absolute atomic E-state index is 11.2. The minimum Gasteiger partial charge on any atom is -0.507 e. The van der Waals surface area contributed by atoms with E-state index in [-0.39, 0.29) is 23.3 Å². The highest BCUT2D eigenvalue weighted by atomic mass is 35.5. The molecular formula is C11H12ClNO3S. The highest BCUT2D eigenvalue weighted by Crippen LogP contribution is 2.21. The van der Waals surface area contributed by atoms with Gasteiger partial charge >= 0.3 is 0 Å². The SMILES string of the molecule is O=S1(=O)CC[C@H](N=Cc2cc(Cl)ccc2O)C1. The first kappa shape index (κ1) is 12.4. The highest BCUT2D eigenvalue weighted by Gasteiger charge is 2.26. The van der Waals surface area contributed by atoms with E-state index in [0.717, 1.165) is 0 Å². The van der Waals surface area contributed by atoms with Crippen LogP contribution >= 0.6 is 11.6 Å². The summed E-state index contributed by atoms with van der Waals surface area (Å²) in [6, 6.07) is 4.44. The van der Waals surface area contributed by atoms with E-state index in [1.165, 1.54) is 12.3 Å². The number of halogens is 1. The van der Waals surface area contributed by atoms with Crippen LogP contribution in [0.3, 0.4) is 0 Å². The van der Waals surface area contributed by atoms with E-state index in [1.54, 1.807) is 12.1 Å². The second-order valence-electron chi connectivity index (χ2n) is 4.04. The molecule has 1 aromatic rings. The topological polar surface area (TPSA) is 66.7 Å². The Morgan fingerprint density at radius 2 is 2.24 bits per heavy atom. The fraction of sp³-hybridized carbons (Fsp3) is 0.364. The molecule has 0 radical (unpaired) electrons. The van der Waals surface area contributed by atoms with Crippen LogP contribution in [0.5, 0.6) is 5.75 Å². The van der Waals surface area contributed by atoms with Crippen LogP contribution in [0.15, 0.2) is 23.2 Å². The number of benzene rings is 1. The Hall–Kier alpha value is -1.07. The molecule has 4 nitrogen and oxygen atoms in total. The van der Waals surface area contributed by atoms with Gasteiger partial charge in [-0.25, -0.2) is 8.42 Å². The lowest BCUT2D eigenvalue weighted by molar-refractivity contribution is 0.474. The van der Waals surface area contributed by atoms with Gasteiger partial charge in [-0.3, -0.25) is 4.99 Å². The fourth-order valence-electron chi connectivity index (χ4n) is 1.71. The molecule has 0 unspecified atom stereocenters. The van der Waals surface area contributed by atoms with Crippen molar-refractivity contribution in [1.82, 2.24) is 0 Å². The number of phenols is 1. The van der Waals surface area contributed by atoms with Crippen molar-refractivity contribution in [3.05, 3.63) is 28.8 Å². The second-order valence-corrected chi connectivity index (χ2v) is 6.70.